The van der Waals surface area contributed by atoms with E-state index in [2.05, 4.69) is 45.2 Å². The highest BCUT2D eigenvalue weighted by Gasteiger charge is 2.35. The summed E-state index contributed by atoms with van der Waals surface area (Å²) in [6, 6.07) is 12.0. The number of benzene rings is 1. The lowest BCUT2D eigenvalue weighted by atomic mass is 9.88. The van der Waals surface area contributed by atoms with E-state index in [1.54, 1.807) is 11.3 Å². The van der Waals surface area contributed by atoms with Gasteiger partial charge in [0.05, 0.1) is 16.0 Å². The number of H-pyrrole nitrogens is 1. The maximum absolute atomic E-state index is 9.68. The molecule has 142 valence electrons. The van der Waals surface area contributed by atoms with Crippen LogP contribution >= 0.6 is 27.3 Å². The number of halogens is 1. The number of hydrogen-bond acceptors (Lipinski definition) is 6. The van der Waals surface area contributed by atoms with Crippen molar-refractivity contribution in [3.8, 4) is 17.7 Å². The fourth-order valence-corrected chi connectivity index (χ4v) is 4.79. The van der Waals surface area contributed by atoms with Crippen LogP contribution in [0, 0.1) is 25.2 Å². The van der Waals surface area contributed by atoms with Gasteiger partial charge in [-0.15, -0.1) is 16.4 Å². The molecule has 0 aliphatic carbocycles. The molecular formula is C20H17BrN4O2S. The molecule has 0 saturated heterocycles. The molecule has 6 nitrogen and oxygen atoms in total. The Morgan fingerprint density at radius 1 is 1.39 bits per heavy atom. The Balaban J connectivity index is 1.69. The Morgan fingerprint density at radius 3 is 2.93 bits per heavy atom. The van der Waals surface area contributed by atoms with Crippen LogP contribution in [0.2, 0.25) is 0 Å². The number of ether oxygens (including phenoxy) is 2. The maximum Gasteiger partial charge on any atom is 0.244 e. The zero-order valence-electron chi connectivity index (χ0n) is 15.2. The van der Waals surface area contributed by atoms with Crippen molar-refractivity contribution in [2.45, 2.75) is 26.4 Å². The third-order valence-electron chi connectivity index (χ3n) is 4.67. The summed E-state index contributed by atoms with van der Waals surface area (Å²) in [4.78, 5) is 2.14. The quantitative estimate of drug-likeness (QED) is 0.595. The van der Waals surface area contributed by atoms with Gasteiger partial charge in [0.2, 0.25) is 11.8 Å². The first kappa shape index (κ1) is 18.6. The first-order valence-corrected chi connectivity index (χ1v) is 10.2. The summed E-state index contributed by atoms with van der Waals surface area (Å²) in [6.07, 6.45) is 0. The first-order valence-electron chi connectivity index (χ1n) is 8.58. The molecule has 1 aliphatic heterocycles. The standard InChI is InChI=1S/C20H17BrN4O2S/c1-10-17-18(13(8-22)19(23)27-20(17)25-24-10)16-7-12(11(2)28-16)9-26-15-6-4-3-5-14(15)21/h3-7,18H,9,23H2,1-2H3,(H,24,25)/t18-/m0/s1. The van der Waals surface area contributed by atoms with Gasteiger partial charge < -0.3 is 15.2 Å². The van der Waals surface area contributed by atoms with Crippen LogP contribution in [0.4, 0.5) is 0 Å². The van der Waals surface area contributed by atoms with E-state index in [4.69, 9.17) is 15.2 Å². The van der Waals surface area contributed by atoms with E-state index in [-0.39, 0.29) is 11.8 Å². The molecule has 1 aromatic carbocycles. The zero-order valence-corrected chi connectivity index (χ0v) is 17.6. The number of nitrogens with two attached hydrogens (primary N) is 1. The van der Waals surface area contributed by atoms with Gasteiger partial charge in [-0.2, -0.15) is 5.26 Å². The molecule has 3 heterocycles. The van der Waals surface area contributed by atoms with Crippen LogP contribution in [0.3, 0.4) is 0 Å². The molecule has 3 N–H and O–H groups in total. The van der Waals surface area contributed by atoms with Crippen molar-refractivity contribution < 1.29 is 9.47 Å². The van der Waals surface area contributed by atoms with Crippen LogP contribution in [-0.2, 0) is 6.61 Å². The highest BCUT2D eigenvalue weighted by atomic mass is 79.9. The third kappa shape index (κ3) is 3.17. The van der Waals surface area contributed by atoms with E-state index in [9.17, 15) is 5.26 Å². The number of hydrogen-bond donors (Lipinski definition) is 2. The zero-order chi connectivity index (χ0) is 19.8. The number of thiophene rings is 1. The summed E-state index contributed by atoms with van der Waals surface area (Å²) >= 11 is 5.13. The van der Waals surface area contributed by atoms with E-state index in [0.717, 1.165) is 36.8 Å². The number of para-hydroxylation sites is 1. The van der Waals surface area contributed by atoms with E-state index in [1.165, 1.54) is 0 Å². The van der Waals surface area contributed by atoms with Crippen LogP contribution in [0.25, 0.3) is 0 Å². The number of nitrogens with zero attached hydrogens (tertiary/aromatic N) is 2. The average Bonchev–Trinajstić information content (AvgIpc) is 3.22. The molecule has 2 aromatic heterocycles. The smallest absolute Gasteiger partial charge is 0.244 e. The third-order valence-corrected chi connectivity index (χ3v) is 6.49. The van der Waals surface area contributed by atoms with Crippen molar-refractivity contribution in [1.29, 1.82) is 5.26 Å². The molecule has 4 rings (SSSR count). The molecule has 0 unspecified atom stereocenters. The predicted molar refractivity (Wildman–Crippen MR) is 110 cm³/mol. The normalized spacial score (nSPS) is 15.7. The number of allylic oxidation sites excluding steroid dienone is 1. The minimum atomic E-state index is -0.298. The van der Waals surface area contributed by atoms with Crippen LogP contribution in [-0.4, -0.2) is 10.2 Å². The number of rotatable bonds is 4. The minimum Gasteiger partial charge on any atom is -0.488 e. The van der Waals surface area contributed by atoms with Gasteiger partial charge in [0.1, 0.15) is 24.0 Å². The van der Waals surface area contributed by atoms with E-state index >= 15 is 0 Å². The largest absolute Gasteiger partial charge is 0.488 e. The summed E-state index contributed by atoms with van der Waals surface area (Å²) in [6.45, 7) is 4.40. The van der Waals surface area contributed by atoms with Gasteiger partial charge in [-0.25, -0.2) is 0 Å². The van der Waals surface area contributed by atoms with Crippen LogP contribution in [0.1, 0.15) is 32.5 Å². The van der Waals surface area contributed by atoms with Gasteiger partial charge in [0.25, 0.3) is 0 Å². The molecule has 1 atom stereocenters. The predicted octanol–water partition coefficient (Wildman–Crippen LogP) is 4.65. The molecule has 0 amide bonds. The van der Waals surface area contributed by atoms with Gasteiger partial charge in [-0.05, 0) is 48.0 Å². The molecule has 0 saturated carbocycles. The van der Waals surface area contributed by atoms with Crippen molar-refractivity contribution in [2.75, 3.05) is 0 Å². The average molecular weight is 457 g/mol. The Bertz CT molecular complexity index is 1130. The van der Waals surface area contributed by atoms with Crippen molar-refractivity contribution >= 4 is 27.3 Å². The molecule has 0 spiro atoms. The lowest BCUT2D eigenvalue weighted by molar-refractivity contribution is 0.304. The Labute approximate surface area is 174 Å². The number of nitriles is 1. The summed E-state index contributed by atoms with van der Waals surface area (Å²) < 4.78 is 12.4. The number of aryl methyl sites for hydroxylation is 2. The second-order valence-corrected chi connectivity index (χ2v) is 8.58. The summed E-state index contributed by atoms with van der Waals surface area (Å²) in [5, 5.41) is 16.8. The SMILES string of the molecule is Cc1[nH]nc2c1[C@H](c1cc(COc3ccccc3Br)c(C)s1)C(C#N)=C(N)O2. The second kappa shape index (κ2) is 7.34. The Kier molecular flexibility index (Phi) is 4.87. The number of aromatic nitrogens is 2. The Morgan fingerprint density at radius 2 is 2.18 bits per heavy atom. The van der Waals surface area contributed by atoms with E-state index < -0.39 is 0 Å². The van der Waals surface area contributed by atoms with Crippen molar-refractivity contribution in [3.63, 3.8) is 0 Å². The summed E-state index contributed by atoms with van der Waals surface area (Å²) in [5.74, 6) is 1.02. The van der Waals surface area contributed by atoms with Gasteiger partial charge in [0, 0.05) is 21.0 Å². The van der Waals surface area contributed by atoms with E-state index in [1.807, 2.05) is 31.2 Å². The maximum atomic E-state index is 9.68. The fraction of sp³-hybridized carbons (Fsp3) is 0.200. The summed E-state index contributed by atoms with van der Waals surface area (Å²) in [7, 11) is 0. The Hall–Kier alpha value is -2.76. The molecule has 0 fully saturated rings. The van der Waals surface area contributed by atoms with E-state index in [0.29, 0.717) is 18.1 Å². The van der Waals surface area contributed by atoms with Crippen molar-refractivity contribution in [3.05, 3.63) is 72.8 Å². The summed E-state index contributed by atoms with van der Waals surface area (Å²) in [5.41, 5.74) is 9.17. The molecule has 1 aliphatic rings. The number of nitrogens with one attached hydrogen (secondary N) is 1. The van der Waals surface area contributed by atoms with Crippen LogP contribution < -0.4 is 15.2 Å². The number of fused-ring (bicyclic) bond motifs is 1. The molecule has 3 aromatic rings. The molecule has 28 heavy (non-hydrogen) atoms. The molecule has 0 radical (unpaired) electrons. The molecule has 8 heteroatoms. The fourth-order valence-electron chi connectivity index (χ4n) is 3.23. The van der Waals surface area contributed by atoms with Crippen LogP contribution in [0.5, 0.6) is 11.6 Å². The molecule has 0 bridgehead atoms. The first-order chi connectivity index (χ1) is 13.5. The van der Waals surface area contributed by atoms with Crippen molar-refractivity contribution in [2.24, 2.45) is 5.73 Å². The highest BCUT2D eigenvalue weighted by molar-refractivity contribution is 9.10. The lowest BCUT2D eigenvalue weighted by Gasteiger charge is -2.22. The molecular weight excluding hydrogens is 440 g/mol. The minimum absolute atomic E-state index is 0.101. The second-order valence-electron chi connectivity index (χ2n) is 6.44. The van der Waals surface area contributed by atoms with Gasteiger partial charge >= 0.3 is 0 Å². The topological polar surface area (TPSA) is 97.0 Å². The number of aromatic amines is 1. The van der Waals surface area contributed by atoms with Gasteiger partial charge in [-0.3, -0.25) is 5.10 Å². The lowest BCUT2D eigenvalue weighted by Crippen LogP contribution is -2.20. The highest BCUT2D eigenvalue weighted by Crippen LogP contribution is 2.45. The van der Waals surface area contributed by atoms with Crippen LogP contribution in [0.15, 0.2) is 46.3 Å². The van der Waals surface area contributed by atoms with Crippen molar-refractivity contribution in [1.82, 2.24) is 10.2 Å². The monoisotopic (exact) mass is 456 g/mol. The van der Waals surface area contributed by atoms with Gasteiger partial charge in [-0.1, -0.05) is 12.1 Å². The van der Waals surface area contributed by atoms with Gasteiger partial charge in [0.15, 0.2) is 0 Å².